The summed E-state index contributed by atoms with van der Waals surface area (Å²) in [6, 6.07) is 5.28. The van der Waals surface area contributed by atoms with E-state index in [9.17, 15) is 4.39 Å². The monoisotopic (exact) mass is 287 g/mol. The number of aryl methyl sites for hydroxylation is 1. The van der Waals surface area contributed by atoms with Crippen LogP contribution in [0.1, 0.15) is 24.4 Å². The van der Waals surface area contributed by atoms with Gasteiger partial charge in [-0.3, -0.25) is 0 Å². The van der Waals surface area contributed by atoms with Gasteiger partial charge in [-0.2, -0.15) is 0 Å². The van der Waals surface area contributed by atoms with E-state index < -0.39 is 0 Å². The lowest BCUT2D eigenvalue weighted by atomic mass is 10.2. The number of nitrogens with two attached hydrogens (primary N) is 1. The van der Waals surface area contributed by atoms with Crippen molar-refractivity contribution in [3.63, 3.8) is 0 Å². The molecule has 20 heavy (non-hydrogen) atoms. The third-order valence-electron chi connectivity index (χ3n) is 3.79. The van der Waals surface area contributed by atoms with Gasteiger partial charge >= 0.3 is 0 Å². The molecule has 0 aliphatic heterocycles. The first-order valence-corrected chi connectivity index (χ1v) is 7.54. The minimum atomic E-state index is -0.250. The number of hydrogen-bond donors (Lipinski definition) is 1. The number of nitrogens with zero attached hydrogens (tertiary/aromatic N) is 2. The number of fused-ring (bicyclic) bond motifs is 1. The maximum atomic E-state index is 13.4. The summed E-state index contributed by atoms with van der Waals surface area (Å²) < 4.78 is 15.6. The number of halogens is 1. The standard InChI is InChI=1S/C15H14FN3S/c1-8-7-20-14(13(8)17)15-18-11-6-9(16)2-5-12(11)19(15)10-3-4-10/h2,5-7,10H,3-4,17H2,1H3. The van der Waals surface area contributed by atoms with Gasteiger partial charge in [0.25, 0.3) is 0 Å². The van der Waals surface area contributed by atoms with Crippen LogP contribution in [0.2, 0.25) is 0 Å². The zero-order valence-corrected chi connectivity index (χ0v) is 11.9. The topological polar surface area (TPSA) is 43.8 Å². The number of aromatic nitrogens is 2. The van der Waals surface area contributed by atoms with Crippen LogP contribution in [0, 0.1) is 12.7 Å². The molecular weight excluding hydrogens is 273 g/mol. The van der Waals surface area contributed by atoms with Crippen molar-refractivity contribution in [1.29, 1.82) is 0 Å². The molecule has 2 aromatic heterocycles. The molecule has 1 aromatic carbocycles. The molecule has 102 valence electrons. The first kappa shape index (κ1) is 11.9. The molecule has 1 saturated carbocycles. The van der Waals surface area contributed by atoms with Crippen LogP contribution in [0.4, 0.5) is 10.1 Å². The minimum Gasteiger partial charge on any atom is -0.397 e. The van der Waals surface area contributed by atoms with Gasteiger partial charge in [-0.25, -0.2) is 9.37 Å². The van der Waals surface area contributed by atoms with Crippen LogP contribution < -0.4 is 5.73 Å². The Morgan fingerprint density at radius 2 is 2.20 bits per heavy atom. The third kappa shape index (κ3) is 1.66. The SMILES string of the molecule is Cc1csc(-c2nc3cc(F)ccc3n2C2CC2)c1N. The average Bonchev–Trinajstić information content (AvgIpc) is 3.12. The van der Waals surface area contributed by atoms with E-state index in [1.807, 2.05) is 18.4 Å². The second-order valence-electron chi connectivity index (χ2n) is 5.33. The Morgan fingerprint density at radius 1 is 1.40 bits per heavy atom. The lowest BCUT2D eigenvalue weighted by Crippen LogP contribution is -1.98. The number of anilines is 1. The predicted molar refractivity (Wildman–Crippen MR) is 80.4 cm³/mol. The smallest absolute Gasteiger partial charge is 0.153 e. The molecule has 0 unspecified atom stereocenters. The number of rotatable bonds is 2. The molecule has 0 spiro atoms. The second kappa shape index (κ2) is 4.06. The highest BCUT2D eigenvalue weighted by Crippen LogP contribution is 2.44. The highest BCUT2D eigenvalue weighted by molar-refractivity contribution is 7.14. The van der Waals surface area contributed by atoms with E-state index in [2.05, 4.69) is 9.55 Å². The molecule has 1 fully saturated rings. The van der Waals surface area contributed by atoms with Crippen molar-refractivity contribution >= 4 is 28.1 Å². The molecule has 1 aliphatic carbocycles. The number of hydrogen-bond acceptors (Lipinski definition) is 3. The summed E-state index contributed by atoms with van der Waals surface area (Å²) in [5.41, 5.74) is 9.72. The van der Waals surface area contributed by atoms with E-state index in [0.29, 0.717) is 11.6 Å². The van der Waals surface area contributed by atoms with Crippen LogP contribution in [0.5, 0.6) is 0 Å². The lowest BCUT2D eigenvalue weighted by Gasteiger charge is -2.07. The Labute approximate surface area is 119 Å². The van der Waals surface area contributed by atoms with E-state index >= 15 is 0 Å². The molecule has 2 heterocycles. The lowest BCUT2D eigenvalue weighted by molar-refractivity contribution is 0.629. The van der Waals surface area contributed by atoms with Gasteiger partial charge in [0.15, 0.2) is 5.82 Å². The van der Waals surface area contributed by atoms with Gasteiger partial charge in [-0.15, -0.1) is 11.3 Å². The molecule has 4 rings (SSSR count). The molecule has 0 radical (unpaired) electrons. The summed E-state index contributed by atoms with van der Waals surface area (Å²) in [7, 11) is 0. The Bertz CT molecular complexity index is 814. The van der Waals surface area contributed by atoms with Crippen LogP contribution in [0.25, 0.3) is 21.7 Å². The van der Waals surface area contributed by atoms with Crippen LogP contribution in [0.15, 0.2) is 23.6 Å². The van der Waals surface area contributed by atoms with Crippen molar-refractivity contribution in [1.82, 2.24) is 9.55 Å². The predicted octanol–water partition coefficient (Wildman–Crippen LogP) is 4.13. The molecule has 1 aliphatic rings. The second-order valence-corrected chi connectivity index (χ2v) is 6.21. The molecule has 0 bridgehead atoms. The van der Waals surface area contributed by atoms with Gasteiger partial charge in [0.05, 0.1) is 21.6 Å². The van der Waals surface area contributed by atoms with E-state index in [4.69, 9.17) is 5.73 Å². The molecule has 3 nitrogen and oxygen atoms in total. The van der Waals surface area contributed by atoms with Crippen molar-refractivity contribution < 1.29 is 4.39 Å². The van der Waals surface area contributed by atoms with Gasteiger partial charge in [0.2, 0.25) is 0 Å². The number of benzene rings is 1. The quantitative estimate of drug-likeness (QED) is 0.770. The summed E-state index contributed by atoms with van der Waals surface area (Å²) in [4.78, 5) is 5.62. The maximum Gasteiger partial charge on any atom is 0.153 e. The molecule has 5 heteroatoms. The largest absolute Gasteiger partial charge is 0.397 e. The van der Waals surface area contributed by atoms with Gasteiger partial charge in [-0.05, 0) is 42.8 Å². The fourth-order valence-corrected chi connectivity index (χ4v) is 3.52. The number of imidazole rings is 1. The molecular formula is C15H14FN3S. The van der Waals surface area contributed by atoms with Crippen molar-refractivity contribution in [2.75, 3.05) is 5.73 Å². The van der Waals surface area contributed by atoms with Gasteiger partial charge in [0.1, 0.15) is 5.82 Å². The first-order valence-electron chi connectivity index (χ1n) is 6.66. The fraction of sp³-hybridized carbons (Fsp3) is 0.267. The van der Waals surface area contributed by atoms with E-state index in [1.165, 1.54) is 12.1 Å². The first-order chi connectivity index (χ1) is 9.65. The van der Waals surface area contributed by atoms with Gasteiger partial charge < -0.3 is 10.3 Å². The maximum absolute atomic E-state index is 13.4. The number of thiophene rings is 1. The molecule has 2 N–H and O–H groups in total. The van der Waals surface area contributed by atoms with Crippen molar-refractivity contribution in [2.45, 2.75) is 25.8 Å². The third-order valence-corrected chi connectivity index (χ3v) is 4.90. The Morgan fingerprint density at radius 3 is 2.85 bits per heavy atom. The Balaban J connectivity index is 2.03. The van der Waals surface area contributed by atoms with Crippen molar-refractivity contribution in [3.8, 4) is 10.7 Å². The molecule has 0 atom stereocenters. The highest BCUT2D eigenvalue weighted by Gasteiger charge is 2.30. The summed E-state index contributed by atoms with van der Waals surface area (Å²) in [5, 5.41) is 2.04. The normalized spacial score (nSPS) is 15.1. The average molecular weight is 287 g/mol. The van der Waals surface area contributed by atoms with Crippen LogP contribution in [-0.2, 0) is 0 Å². The Kier molecular flexibility index (Phi) is 2.41. The molecule has 0 amide bonds. The van der Waals surface area contributed by atoms with Crippen molar-refractivity contribution in [3.05, 3.63) is 35.0 Å². The summed E-state index contributed by atoms with van der Waals surface area (Å²) >= 11 is 1.61. The fourth-order valence-electron chi connectivity index (χ4n) is 2.56. The molecule has 0 saturated heterocycles. The Hall–Kier alpha value is -1.88. The van der Waals surface area contributed by atoms with Gasteiger partial charge in [0, 0.05) is 12.1 Å². The van der Waals surface area contributed by atoms with Crippen LogP contribution in [0.3, 0.4) is 0 Å². The number of nitrogen functional groups attached to an aromatic ring is 1. The van der Waals surface area contributed by atoms with E-state index in [0.717, 1.165) is 40.3 Å². The van der Waals surface area contributed by atoms with Crippen molar-refractivity contribution in [2.24, 2.45) is 0 Å². The minimum absolute atomic E-state index is 0.250. The van der Waals surface area contributed by atoms with Gasteiger partial charge in [-0.1, -0.05) is 0 Å². The van der Waals surface area contributed by atoms with Crippen LogP contribution in [-0.4, -0.2) is 9.55 Å². The summed E-state index contributed by atoms with van der Waals surface area (Å²) in [6.45, 7) is 2.00. The van der Waals surface area contributed by atoms with Crippen LogP contribution >= 0.6 is 11.3 Å². The highest BCUT2D eigenvalue weighted by atomic mass is 32.1. The summed E-state index contributed by atoms with van der Waals surface area (Å²) in [6.07, 6.45) is 2.31. The summed E-state index contributed by atoms with van der Waals surface area (Å²) in [5.74, 6) is 0.628. The molecule has 3 aromatic rings. The zero-order valence-electron chi connectivity index (χ0n) is 11.1. The van der Waals surface area contributed by atoms with E-state index in [-0.39, 0.29) is 5.82 Å². The van der Waals surface area contributed by atoms with E-state index in [1.54, 1.807) is 11.3 Å². The zero-order chi connectivity index (χ0) is 13.9.